The van der Waals surface area contributed by atoms with Crippen LogP contribution in [0.25, 0.3) is 0 Å². The fourth-order valence-electron chi connectivity index (χ4n) is 4.50. The summed E-state index contributed by atoms with van der Waals surface area (Å²) in [6.07, 6.45) is 1.11. The molecule has 3 aromatic carbocycles. The number of anilines is 1. The molecule has 0 radical (unpaired) electrons. The van der Waals surface area contributed by atoms with E-state index in [9.17, 15) is 18.0 Å². The Balaban J connectivity index is 2.08. The summed E-state index contributed by atoms with van der Waals surface area (Å²) in [6, 6.07) is 19.7. The highest BCUT2D eigenvalue weighted by atomic mass is 35.5. The first kappa shape index (κ1) is 31.2. The number of nitrogens with zero attached hydrogens (tertiary/aromatic N) is 2. The molecule has 0 saturated carbocycles. The van der Waals surface area contributed by atoms with Crippen molar-refractivity contribution in [2.24, 2.45) is 0 Å². The maximum Gasteiger partial charge on any atom is 0.264 e. The van der Waals surface area contributed by atoms with Crippen molar-refractivity contribution in [2.75, 3.05) is 10.8 Å². The van der Waals surface area contributed by atoms with Gasteiger partial charge in [-0.2, -0.15) is 0 Å². The van der Waals surface area contributed by atoms with Crippen molar-refractivity contribution < 1.29 is 18.0 Å². The number of rotatable bonds is 12. The molecule has 2 amide bonds. The largest absolute Gasteiger partial charge is 0.352 e. The quantitative estimate of drug-likeness (QED) is 0.289. The second-order valence-corrected chi connectivity index (χ2v) is 12.3. The molecule has 0 heterocycles. The number of hydrogen-bond donors (Lipinski definition) is 1. The van der Waals surface area contributed by atoms with E-state index < -0.39 is 28.5 Å². The summed E-state index contributed by atoms with van der Waals surface area (Å²) in [4.78, 5) is 29.1. The lowest BCUT2D eigenvalue weighted by Gasteiger charge is -2.34. The Hall–Kier alpha value is -3.36. The number of amides is 2. The van der Waals surface area contributed by atoms with Gasteiger partial charge in [0.1, 0.15) is 12.6 Å². The van der Waals surface area contributed by atoms with Crippen molar-refractivity contribution in [3.05, 3.63) is 94.5 Å². The SMILES string of the molecule is CCC(C)NC(=O)C(CC)N(Cc1cccc(C)c1)C(=O)CN(c1ccc(Cl)cc1C)S(=O)(=O)c1ccccc1. The Labute approximate surface area is 243 Å². The summed E-state index contributed by atoms with van der Waals surface area (Å²) in [7, 11) is -4.13. The molecule has 1 N–H and O–H groups in total. The van der Waals surface area contributed by atoms with E-state index >= 15 is 0 Å². The number of carbonyl (C=O) groups excluding carboxylic acids is 2. The number of sulfonamides is 1. The Morgan fingerprint density at radius 3 is 2.23 bits per heavy atom. The minimum absolute atomic E-state index is 0.0592. The first-order valence-corrected chi connectivity index (χ1v) is 15.3. The highest BCUT2D eigenvalue weighted by Crippen LogP contribution is 2.29. The average Bonchev–Trinajstić information content (AvgIpc) is 2.92. The Morgan fingerprint density at radius 2 is 1.62 bits per heavy atom. The van der Waals surface area contributed by atoms with E-state index in [4.69, 9.17) is 11.6 Å². The third-order valence-electron chi connectivity index (χ3n) is 6.86. The van der Waals surface area contributed by atoms with Gasteiger partial charge in [0.15, 0.2) is 0 Å². The van der Waals surface area contributed by atoms with Crippen LogP contribution in [0.4, 0.5) is 5.69 Å². The van der Waals surface area contributed by atoms with Crippen LogP contribution in [0, 0.1) is 13.8 Å². The minimum atomic E-state index is -4.13. The van der Waals surface area contributed by atoms with Crippen LogP contribution in [0.15, 0.2) is 77.7 Å². The second kappa shape index (κ2) is 13.8. The van der Waals surface area contributed by atoms with E-state index in [1.54, 1.807) is 43.3 Å². The van der Waals surface area contributed by atoms with Crippen LogP contribution in [0.2, 0.25) is 5.02 Å². The number of hydrogen-bond acceptors (Lipinski definition) is 4. The van der Waals surface area contributed by atoms with Crippen molar-refractivity contribution >= 4 is 39.1 Å². The van der Waals surface area contributed by atoms with Crippen molar-refractivity contribution in [3.8, 4) is 0 Å². The normalized spacial score (nSPS) is 12.8. The molecule has 0 fully saturated rings. The van der Waals surface area contributed by atoms with Crippen LogP contribution in [0.5, 0.6) is 0 Å². The zero-order valence-corrected chi connectivity index (χ0v) is 25.3. The highest BCUT2D eigenvalue weighted by molar-refractivity contribution is 7.92. The summed E-state index contributed by atoms with van der Waals surface area (Å²) < 4.78 is 29.0. The molecule has 7 nitrogen and oxygen atoms in total. The molecular weight excluding hydrogens is 546 g/mol. The van der Waals surface area contributed by atoms with Gasteiger partial charge in [-0.05, 0) is 75.1 Å². The fourth-order valence-corrected chi connectivity index (χ4v) is 6.23. The topological polar surface area (TPSA) is 86.8 Å². The molecule has 3 rings (SSSR count). The Morgan fingerprint density at radius 1 is 0.925 bits per heavy atom. The van der Waals surface area contributed by atoms with Gasteiger partial charge < -0.3 is 10.2 Å². The highest BCUT2D eigenvalue weighted by Gasteiger charge is 2.34. The summed E-state index contributed by atoms with van der Waals surface area (Å²) in [5.41, 5.74) is 2.82. The maximum atomic E-state index is 14.1. The van der Waals surface area contributed by atoms with Crippen LogP contribution in [0.3, 0.4) is 0 Å². The lowest BCUT2D eigenvalue weighted by Crippen LogP contribution is -2.53. The van der Waals surface area contributed by atoms with Crippen molar-refractivity contribution in [2.45, 2.75) is 71.0 Å². The number of benzene rings is 3. The minimum Gasteiger partial charge on any atom is -0.352 e. The summed E-state index contributed by atoms with van der Waals surface area (Å²) in [5.74, 6) is -0.750. The van der Waals surface area contributed by atoms with Gasteiger partial charge in [0.05, 0.1) is 10.6 Å². The zero-order chi connectivity index (χ0) is 29.4. The van der Waals surface area contributed by atoms with Gasteiger partial charge in [0, 0.05) is 17.6 Å². The molecule has 0 aliphatic heterocycles. The van der Waals surface area contributed by atoms with E-state index in [1.807, 2.05) is 52.0 Å². The van der Waals surface area contributed by atoms with E-state index in [1.165, 1.54) is 17.0 Å². The number of nitrogens with one attached hydrogen (secondary N) is 1. The molecule has 9 heteroatoms. The number of halogens is 1. The van der Waals surface area contributed by atoms with E-state index in [-0.39, 0.29) is 23.4 Å². The van der Waals surface area contributed by atoms with Crippen LogP contribution in [0.1, 0.15) is 50.3 Å². The second-order valence-electron chi connectivity index (χ2n) is 10.0. The molecule has 2 atom stereocenters. The molecule has 0 spiro atoms. The van der Waals surface area contributed by atoms with Gasteiger partial charge in [-0.1, -0.05) is 73.5 Å². The zero-order valence-electron chi connectivity index (χ0n) is 23.7. The Kier molecular flexibility index (Phi) is 10.8. The van der Waals surface area contributed by atoms with Crippen LogP contribution in [-0.2, 0) is 26.2 Å². The standard InChI is InChI=1S/C31H38ClN3O4S/c1-6-24(5)33-31(37)28(7-2)34(20-25-13-11-12-22(3)18-25)30(36)21-35(29-17-16-26(32)19-23(29)4)40(38,39)27-14-9-8-10-15-27/h8-19,24,28H,6-7,20-21H2,1-5H3,(H,33,37). The first-order valence-electron chi connectivity index (χ1n) is 13.5. The monoisotopic (exact) mass is 583 g/mol. The van der Waals surface area contributed by atoms with E-state index in [2.05, 4.69) is 5.32 Å². The predicted molar refractivity (Wildman–Crippen MR) is 161 cm³/mol. The van der Waals surface area contributed by atoms with Crippen LogP contribution >= 0.6 is 11.6 Å². The summed E-state index contributed by atoms with van der Waals surface area (Å²) in [5, 5.41) is 3.45. The van der Waals surface area contributed by atoms with Gasteiger partial charge in [0.25, 0.3) is 10.0 Å². The number of carbonyl (C=O) groups is 2. The van der Waals surface area contributed by atoms with Gasteiger partial charge in [-0.3, -0.25) is 13.9 Å². The lowest BCUT2D eigenvalue weighted by atomic mass is 10.1. The van der Waals surface area contributed by atoms with E-state index in [0.717, 1.165) is 21.9 Å². The van der Waals surface area contributed by atoms with Crippen LogP contribution in [-0.4, -0.2) is 43.8 Å². The van der Waals surface area contributed by atoms with Gasteiger partial charge in [-0.15, -0.1) is 0 Å². The van der Waals surface area contributed by atoms with Gasteiger partial charge >= 0.3 is 0 Å². The van der Waals surface area contributed by atoms with Gasteiger partial charge in [0.2, 0.25) is 11.8 Å². The molecule has 0 saturated heterocycles. The molecule has 0 aliphatic carbocycles. The van der Waals surface area contributed by atoms with Crippen molar-refractivity contribution in [1.29, 1.82) is 0 Å². The molecule has 214 valence electrons. The van der Waals surface area contributed by atoms with Crippen LogP contribution < -0.4 is 9.62 Å². The molecule has 0 aliphatic rings. The number of aryl methyl sites for hydroxylation is 2. The molecular formula is C31H38ClN3O4S. The molecule has 0 aromatic heterocycles. The maximum absolute atomic E-state index is 14.1. The smallest absolute Gasteiger partial charge is 0.264 e. The first-order chi connectivity index (χ1) is 19.0. The molecule has 0 bridgehead atoms. The summed E-state index contributed by atoms with van der Waals surface area (Å²) in [6.45, 7) is 9.11. The lowest BCUT2D eigenvalue weighted by molar-refractivity contribution is -0.140. The fraction of sp³-hybridized carbons (Fsp3) is 0.355. The average molecular weight is 584 g/mol. The Bertz CT molecular complexity index is 1430. The molecule has 40 heavy (non-hydrogen) atoms. The third kappa shape index (κ3) is 7.64. The summed E-state index contributed by atoms with van der Waals surface area (Å²) >= 11 is 6.17. The molecule has 2 unspecified atom stereocenters. The van der Waals surface area contributed by atoms with Crippen molar-refractivity contribution in [1.82, 2.24) is 10.2 Å². The third-order valence-corrected chi connectivity index (χ3v) is 8.87. The molecule has 3 aromatic rings. The van der Waals surface area contributed by atoms with Gasteiger partial charge in [-0.25, -0.2) is 8.42 Å². The predicted octanol–water partition coefficient (Wildman–Crippen LogP) is 5.87. The van der Waals surface area contributed by atoms with E-state index in [0.29, 0.717) is 22.7 Å². The van der Waals surface area contributed by atoms with Crippen molar-refractivity contribution in [3.63, 3.8) is 0 Å².